The first-order chi connectivity index (χ1) is 9.83. The number of benzene rings is 2. The highest BCUT2D eigenvalue weighted by molar-refractivity contribution is 5.99. The second-order valence-electron chi connectivity index (χ2n) is 5.05. The van der Waals surface area contributed by atoms with Crippen LogP contribution in [0.4, 0.5) is 0 Å². The standard InChI is InChI=1S/C17H18O3/c18-16(8-9-17-19-10-3-11-20-17)15-7-6-13-4-1-2-5-14(13)12-15/h1-2,4-7,12,17H,3,8-11H2. The molecule has 0 radical (unpaired) electrons. The van der Waals surface area contributed by atoms with Gasteiger partial charge in [0.25, 0.3) is 0 Å². The molecule has 20 heavy (non-hydrogen) atoms. The number of hydrogen-bond donors (Lipinski definition) is 0. The molecule has 0 amide bonds. The fraction of sp³-hybridized carbons (Fsp3) is 0.353. The van der Waals surface area contributed by atoms with Gasteiger partial charge in [-0.15, -0.1) is 0 Å². The Morgan fingerprint density at radius 1 is 1.05 bits per heavy atom. The predicted octanol–water partition coefficient (Wildman–Crippen LogP) is 3.57. The second-order valence-corrected chi connectivity index (χ2v) is 5.05. The number of carbonyl (C=O) groups excluding carboxylic acids is 1. The molecule has 1 heterocycles. The summed E-state index contributed by atoms with van der Waals surface area (Å²) < 4.78 is 10.9. The van der Waals surface area contributed by atoms with Crippen molar-refractivity contribution < 1.29 is 14.3 Å². The molecule has 0 N–H and O–H groups in total. The quantitative estimate of drug-likeness (QED) is 0.797. The van der Waals surface area contributed by atoms with Crippen LogP contribution in [0.2, 0.25) is 0 Å². The highest BCUT2D eigenvalue weighted by atomic mass is 16.7. The fourth-order valence-electron chi connectivity index (χ4n) is 2.46. The van der Waals surface area contributed by atoms with E-state index in [-0.39, 0.29) is 12.1 Å². The first-order valence-corrected chi connectivity index (χ1v) is 7.08. The molecule has 104 valence electrons. The lowest BCUT2D eigenvalue weighted by Gasteiger charge is -2.22. The largest absolute Gasteiger partial charge is 0.353 e. The number of ether oxygens (including phenoxy) is 2. The van der Waals surface area contributed by atoms with Crippen molar-refractivity contribution in [3.05, 3.63) is 48.0 Å². The zero-order valence-electron chi connectivity index (χ0n) is 11.4. The van der Waals surface area contributed by atoms with E-state index in [9.17, 15) is 4.79 Å². The lowest BCUT2D eigenvalue weighted by molar-refractivity contribution is -0.180. The number of fused-ring (bicyclic) bond motifs is 1. The van der Waals surface area contributed by atoms with Gasteiger partial charge in [0, 0.05) is 18.4 Å². The zero-order chi connectivity index (χ0) is 13.8. The second kappa shape index (κ2) is 6.16. The predicted molar refractivity (Wildman–Crippen MR) is 77.8 cm³/mol. The van der Waals surface area contributed by atoms with Gasteiger partial charge in [0.1, 0.15) is 0 Å². The molecule has 2 aromatic carbocycles. The van der Waals surface area contributed by atoms with Gasteiger partial charge in [-0.05, 0) is 23.3 Å². The number of rotatable bonds is 4. The van der Waals surface area contributed by atoms with Gasteiger partial charge in [0.15, 0.2) is 12.1 Å². The number of ketones is 1. The summed E-state index contributed by atoms with van der Waals surface area (Å²) >= 11 is 0. The molecule has 1 saturated heterocycles. The maximum atomic E-state index is 12.2. The third-order valence-electron chi connectivity index (χ3n) is 3.57. The average molecular weight is 270 g/mol. The SMILES string of the molecule is O=C(CCC1OCCCO1)c1ccc2ccccc2c1. The average Bonchev–Trinajstić information content (AvgIpc) is 2.53. The third kappa shape index (κ3) is 3.06. The Morgan fingerprint density at radius 3 is 2.60 bits per heavy atom. The van der Waals surface area contributed by atoms with E-state index in [1.54, 1.807) is 0 Å². The van der Waals surface area contributed by atoms with Gasteiger partial charge in [0.2, 0.25) is 0 Å². The minimum absolute atomic E-state index is 0.147. The molecule has 0 spiro atoms. The molecule has 0 aromatic heterocycles. The van der Waals surface area contributed by atoms with Crippen LogP contribution in [0.5, 0.6) is 0 Å². The molecular weight excluding hydrogens is 252 g/mol. The topological polar surface area (TPSA) is 35.5 Å². The zero-order valence-corrected chi connectivity index (χ0v) is 11.4. The highest BCUT2D eigenvalue weighted by Gasteiger charge is 2.16. The summed E-state index contributed by atoms with van der Waals surface area (Å²) in [5.41, 5.74) is 0.763. The first kappa shape index (κ1) is 13.3. The van der Waals surface area contributed by atoms with Crippen LogP contribution in [-0.2, 0) is 9.47 Å². The van der Waals surface area contributed by atoms with E-state index in [1.165, 1.54) is 0 Å². The van der Waals surface area contributed by atoms with Crippen LogP contribution in [0.15, 0.2) is 42.5 Å². The molecule has 1 fully saturated rings. The van der Waals surface area contributed by atoms with Crippen LogP contribution in [-0.4, -0.2) is 25.3 Å². The van der Waals surface area contributed by atoms with E-state index in [1.807, 2.05) is 42.5 Å². The van der Waals surface area contributed by atoms with Crippen LogP contribution in [0, 0.1) is 0 Å². The van der Waals surface area contributed by atoms with E-state index in [4.69, 9.17) is 9.47 Å². The minimum Gasteiger partial charge on any atom is -0.353 e. The van der Waals surface area contributed by atoms with Crippen molar-refractivity contribution >= 4 is 16.6 Å². The molecular formula is C17H18O3. The Kier molecular flexibility index (Phi) is 4.09. The highest BCUT2D eigenvalue weighted by Crippen LogP contribution is 2.18. The third-order valence-corrected chi connectivity index (χ3v) is 3.57. The maximum Gasteiger partial charge on any atom is 0.163 e. The van der Waals surface area contributed by atoms with Crippen LogP contribution >= 0.6 is 0 Å². The first-order valence-electron chi connectivity index (χ1n) is 7.08. The summed E-state index contributed by atoms with van der Waals surface area (Å²) in [7, 11) is 0. The summed E-state index contributed by atoms with van der Waals surface area (Å²) in [6, 6.07) is 13.9. The van der Waals surface area contributed by atoms with Gasteiger partial charge in [0.05, 0.1) is 13.2 Å². The van der Waals surface area contributed by atoms with E-state index >= 15 is 0 Å². The Balaban J connectivity index is 1.65. The Hall–Kier alpha value is -1.71. The molecule has 3 heteroatoms. The van der Waals surface area contributed by atoms with Crippen molar-refractivity contribution in [2.45, 2.75) is 25.6 Å². The van der Waals surface area contributed by atoms with Gasteiger partial charge in [-0.25, -0.2) is 0 Å². The molecule has 0 atom stereocenters. The van der Waals surface area contributed by atoms with Crippen LogP contribution in [0.1, 0.15) is 29.6 Å². The molecule has 0 unspecified atom stereocenters. The van der Waals surface area contributed by atoms with E-state index in [0.29, 0.717) is 12.8 Å². The van der Waals surface area contributed by atoms with Crippen molar-refractivity contribution in [1.82, 2.24) is 0 Å². The van der Waals surface area contributed by atoms with E-state index in [2.05, 4.69) is 0 Å². The minimum atomic E-state index is -0.215. The number of carbonyl (C=O) groups is 1. The van der Waals surface area contributed by atoms with E-state index in [0.717, 1.165) is 36.0 Å². The summed E-state index contributed by atoms with van der Waals surface area (Å²) in [5, 5.41) is 2.26. The maximum absolute atomic E-state index is 12.2. The number of Topliss-reactive ketones (excluding diaryl/α,β-unsaturated/α-hetero) is 1. The molecule has 1 aliphatic rings. The smallest absolute Gasteiger partial charge is 0.163 e. The Labute approximate surface area is 118 Å². The Morgan fingerprint density at radius 2 is 1.80 bits per heavy atom. The van der Waals surface area contributed by atoms with Crippen LogP contribution in [0.3, 0.4) is 0 Å². The molecule has 0 saturated carbocycles. The summed E-state index contributed by atoms with van der Waals surface area (Å²) in [6.07, 6.45) is 1.82. The lowest BCUT2D eigenvalue weighted by atomic mass is 10.0. The fourth-order valence-corrected chi connectivity index (χ4v) is 2.46. The molecule has 1 aliphatic heterocycles. The van der Waals surface area contributed by atoms with Gasteiger partial charge >= 0.3 is 0 Å². The van der Waals surface area contributed by atoms with Gasteiger partial charge in [-0.3, -0.25) is 4.79 Å². The molecule has 3 nitrogen and oxygen atoms in total. The van der Waals surface area contributed by atoms with E-state index < -0.39 is 0 Å². The van der Waals surface area contributed by atoms with Gasteiger partial charge < -0.3 is 9.47 Å². The van der Waals surface area contributed by atoms with Crippen LogP contribution in [0.25, 0.3) is 10.8 Å². The Bertz CT molecular complexity index is 600. The summed E-state index contributed by atoms with van der Waals surface area (Å²) in [6.45, 7) is 1.46. The molecule has 0 bridgehead atoms. The summed E-state index contributed by atoms with van der Waals surface area (Å²) in [4.78, 5) is 12.2. The normalized spacial score (nSPS) is 16.4. The van der Waals surface area contributed by atoms with Gasteiger partial charge in [-0.2, -0.15) is 0 Å². The monoisotopic (exact) mass is 270 g/mol. The molecule has 0 aliphatic carbocycles. The number of hydrogen-bond acceptors (Lipinski definition) is 3. The summed E-state index contributed by atoms with van der Waals surface area (Å²) in [5.74, 6) is 0.147. The van der Waals surface area contributed by atoms with Gasteiger partial charge in [-0.1, -0.05) is 36.4 Å². The molecule has 3 rings (SSSR count). The van der Waals surface area contributed by atoms with Crippen molar-refractivity contribution in [3.63, 3.8) is 0 Å². The van der Waals surface area contributed by atoms with Crippen molar-refractivity contribution in [2.75, 3.05) is 13.2 Å². The van der Waals surface area contributed by atoms with Crippen LogP contribution < -0.4 is 0 Å². The van der Waals surface area contributed by atoms with Crippen molar-refractivity contribution in [3.8, 4) is 0 Å². The molecule has 2 aromatic rings. The van der Waals surface area contributed by atoms with Crippen molar-refractivity contribution in [2.24, 2.45) is 0 Å². The lowest BCUT2D eigenvalue weighted by Crippen LogP contribution is -2.25. The van der Waals surface area contributed by atoms with Crippen molar-refractivity contribution in [1.29, 1.82) is 0 Å².